The van der Waals surface area contributed by atoms with E-state index in [-0.39, 0.29) is 43.3 Å². The molecule has 9 heteroatoms. The van der Waals surface area contributed by atoms with Crippen molar-refractivity contribution < 1.29 is 19.1 Å². The fraction of sp³-hybridized carbons (Fsp3) is 0.579. The Bertz CT molecular complexity index is 714. The van der Waals surface area contributed by atoms with Crippen LogP contribution in [0.4, 0.5) is 5.69 Å². The fourth-order valence-electron chi connectivity index (χ4n) is 3.26. The van der Waals surface area contributed by atoms with Crippen LogP contribution in [-0.2, 0) is 14.3 Å². The third kappa shape index (κ3) is 4.89. The van der Waals surface area contributed by atoms with Gasteiger partial charge in [-0.25, -0.2) is 0 Å². The van der Waals surface area contributed by atoms with Crippen molar-refractivity contribution in [2.24, 2.45) is 11.1 Å². The summed E-state index contributed by atoms with van der Waals surface area (Å²) in [4.78, 5) is 24.7. The summed E-state index contributed by atoms with van der Waals surface area (Å²) in [6.07, 6.45) is 0.523. The van der Waals surface area contributed by atoms with Crippen molar-refractivity contribution >= 4 is 41.5 Å². The van der Waals surface area contributed by atoms with Crippen LogP contribution in [0.1, 0.15) is 33.6 Å². The van der Waals surface area contributed by atoms with Gasteiger partial charge in [0.2, 0.25) is 11.8 Å². The molecular formula is C19H29Cl2N3O4. The molecule has 0 aliphatic heterocycles. The first-order chi connectivity index (χ1) is 12.7. The molecule has 1 aliphatic carbocycles. The Morgan fingerprint density at radius 2 is 2.04 bits per heavy atom. The molecular weight excluding hydrogens is 405 g/mol. The van der Waals surface area contributed by atoms with Gasteiger partial charge in [0.25, 0.3) is 0 Å². The number of hydrogen-bond donors (Lipinski definition) is 3. The smallest absolute Gasteiger partial charge is 0.240 e. The highest BCUT2D eigenvalue weighted by molar-refractivity contribution is 6.31. The van der Waals surface area contributed by atoms with Crippen LogP contribution in [0.5, 0.6) is 5.75 Å². The van der Waals surface area contributed by atoms with E-state index in [4.69, 9.17) is 26.8 Å². The summed E-state index contributed by atoms with van der Waals surface area (Å²) in [6.45, 7) is 6.53. The average Bonchev–Trinajstić information content (AvgIpc) is 2.61. The molecule has 2 amide bonds. The number of halogens is 2. The van der Waals surface area contributed by atoms with Gasteiger partial charge >= 0.3 is 0 Å². The van der Waals surface area contributed by atoms with Crippen LogP contribution >= 0.6 is 24.0 Å². The molecule has 1 aliphatic rings. The first kappa shape index (κ1) is 24.5. The summed E-state index contributed by atoms with van der Waals surface area (Å²) in [7, 11) is 1.51. The fourth-order valence-corrected chi connectivity index (χ4v) is 3.43. The van der Waals surface area contributed by atoms with Crippen LogP contribution in [0, 0.1) is 5.41 Å². The minimum absolute atomic E-state index is 0. The van der Waals surface area contributed by atoms with Crippen LogP contribution in [0.15, 0.2) is 18.2 Å². The number of nitrogens with two attached hydrogens (primary N) is 1. The van der Waals surface area contributed by atoms with Crippen LogP contribution in [-0.4, -0.2) is 43.7 Å². The SMILES string of the molecule is CCOC1CC(N)(C(=O)NCCC(=O)Nc2cc(Cl)ccc2OC)C1(C)C.Cl. The van der Waals surface area contributed by atoms with Gasteiger partial charge in [0, 0.05) is 36.4 Å². The molecule has 2 unspecified atom stereocenters. The molecule has 0 aromatic heterocycles. The standard InChI is InChI=1S/C19H28ClN3O4.ClH/c1-5-27-15-11-19(21,18(15,2)3)17(25)22-9-8-16(24)23-13-10-12(20)6-7-14(13)26-4;/h6-7,10,15H,5,8-9,11,21H2,1-4H3,(H,22,25)(H,23,24);1H. The van der Waals surface area contributed by atoms with Gasteiger partial charge in [0.05, 0.1) is 18.9 Å². The van der Waals surface area contributed by atoms with Gasteiger partial charge in [0.1, 0.15) is 11.3 Å². The lowest BCUT2D eigenvalue weighted by atomic mass is 9.54. The van der Waals surface area contributed by atoms with Gasteiger partial charge in [-0.1, -0.05) is 25.4 Å². The average molecular weight is 434 g/mol. The van der Waals surface area contributed by atoms with Gasteiger partial charge in [-0.15, -0.1) is 12.4 Å². The second-order valence-electron chi connectivity index (χ2n) is 7.24. The van der Waals surface area contributed by atoms with E-state index in [1.165, 1.54) is 7.11 Å². The third-order valence-corrected chi connectivity index (χ3v) is 5.54. The quantitative estimate of drug-likeness (QED) is 0.584. The summed E-state index contributed by atoms with van der Waals surface area (Å²) in [5, 5.41) is 5.98. The van der Waals surface area contributed by atoms with E-state index in [0.717, 1.165) is 0 Å². The molecule has 2 rings (SSSR count). The molecule has 1 saturated carbocycles. The first-order valence-corrected chi connectivity index (χ1v) is 9.35. The molecule has 1 aromatic rings. The van der Waals surface area contributed by atoms with Crippen LogP contribution in [0.25, 0.3) is 0 Å². The largest absolute Gasteiger partial charge is 0.495 e. The molecule has 1 fully saturated rings. The number of ether oxygens (including phenoxy) is 2. The summed E-state index contributed by atoms with van der Waals surface area (Å²) in [6, 6.07) is 4.95. The second-order valence-corrected chi connectivity index (χ2v) is 7.68. The Labute approximate surface area is 177 Å². The van der Waals surface area contributed by atoms with E-state index in [1.807, 2.05) is 20.8 Å². The predicted octanol–water partition coefficient (Wildman–Crippen LogP) is 2.75. The van der Waals surface area contributed by atoms with Crippen LogP contribution < -0.4 is 21.1 Å². The number of carbonyl (C=O) groups is 2. The second kappa shape index (κ2) is 9.78. The van der Waals surface area contributed by atoms with Crippen LogP contribution in [0.3, 0.4) is 0 Å². The Morgan fingerprint density at radius 3 is 2.61 bits per heavy atom. The maximum atomic E-state index is 12.5. The van der Waals surface area contributed by atoms with Crippen LogP contribution in [0.2, 0.25) is 5.02 Å². The summed E-state index contributed by atoms with van der Waals surface area (Å²) in [5.74, 6) is -0.0190. The van der Waals surface area contributed by atoms with Crippen molar-refractivity contribution in [1.82, 2.24) is 5.32 Å². The maximum Gasteiger partial charge on any atom is 0.240 e. The topological polar surface area (TPSA) is 103 Å². The predicted molar refractivity (Wildman–Crippen MR) is 112 cm³/mol. The van der Waals surface area contributed by atoms with Crippen molar-refractivity contribution in [3.63, 3.8) is 0 Å². The molecule has 2 atom stereocenters. The molecule has 28 heavy (non-hydrogen) atoms. The summed E-state index contributed by atoms with van der Waals surface area (Å²) in [5.41, 5.74) is 5.33. The minimum atomic E-state index is -1.00. The van der Waals surface area contributed by atoms with Crippen molar-refractivity contribution in [3.8, 4) is 5.75 Å². The number of nitrogens with one attached hydrogen (secondary N) is 2. The Kier molecular flexibility index (Phi) is 8.56. The highest BCUT2D eigenvalue weighted by Crippen LogP contribution is 2.49. The number of methoxy groups -OCH3 is 1. The van der Waals surface area contributed by atoms with E-state index >= 15 is 0 Å². The Morgan fingerprint density at radius 1 is 1.36 bits per heavy atom. The number of carbonyl (C=O) groups excluding carboxylic acids is 2. The van der Waals surface area contributed by atoms with Crippen molar-refractivity contribution in [2.75, 3.05) is 25.6 Å². The molecule has 0 spiro atoms. The lowest BCUT2D eigenvalue weighted by Crippen LogP contribution is -2.75. The normalized spacial score (nSPS) is 22.4. The van der Waals surface area contributed by atoms with Crippen molar-refractivity contribution in [1.29, 1.82) is 0 Å². The first-order valence-electron chi connectivity index (χ1n) is 8.98. The molecule has 0 radical (unpaired) electrons. The molecule has 7 nitrogen and oxygen atoms in total. The molecule has 0 heterocycles. The highest BCUT2D eigenvalue weighted by atomic mass is 35.5. The minimum Gasteiger partial charge on any atom is -0.495 e. The number of amides is 2. The number of hydrogen-bond acceptors (Lipinski definition) is 5. The van der Waals surface area contributed by atoms with E-state index in [0.29, 0.717) is 29.5 Å². The van der Waals surface area contributed by atoms with Gasteiger partial charge in [0.15, 0.2) is 0 Å². The molecule has 158 valence electrons. The number of benzene rings is 1. The zero-order valence-corrected chi connectivity index (χ0v) is 18.2. The maximum absolute atomic E-state index is 12.5. The molecule has 0 bridgehead atoms. The van der Waals surface area contributed by atoms with Gasteiger partial charge in [-0.05, 0) is 25.1 Å². The Hall–Kier alpha value is -1.54. The molecule has 1 aromatic carbocycles. The molecule has 0 saturated heterocycles. The monoisotopic (exact) mass is 433 g/mol. The third-order valence-electron chi connectivity index (χ3n) is 5.31. The van der Waals surface area contributed by atoms with E-state index < -0.39 is 11.0 Å². The van der Waals surface area contributed by atoms with E-state index in [1.54, 1.807) is 18.2 Å². The Balaban J connectivity index is 0.00000392. The van der Waals surface area contributed by atoms with Gasteiger partial charge in [-0.3, -0.25) is 9.59 Å². The zero-order chi connectivity index (χ0) is 20.2. The highest BCUT2D eigenvalue weighted by Gasteiger charge is 2.62. The van der Waals surface area contributed by atoms with E-state index in [9.17, 15) is 9.59 Å². The van der Waals surface area contributed by atoms with Crippen molar-refractivity contribution in [3.05, 3.63) is 23.2 Å². The number of rotatable bonds is 8. The van der Waals surface area contributed by atoms with Gasteiger partial charge in [-0.2, -0.15) is 0 Å². The van der Waals surface area contributed by atoms with E-state index in [2.05, 4.69) is 10.6 Å². The zero-order valence-electron chi connectivity index (χ0n) is 16.6. The lowest BCUT2D eigenvalue weighted by Gasteiger charge is -2.57. The van der Waals surface area contributed by atoms with Crippen molar-refractivity contribution in [2.45, 2.75) is 45.3 Å². The summed E-state index contributed by atoms with van der Waals surface area (Å²) < 4.78 is 10.8. The lowest BCUT2D eigenvalue weighted by molar-refractivity contribution is -0.170. The van der Waals surface area contributed by atoms with Gasteiger partial charge < -0.3 is 25.8 Å². The molecule has 4 N–H and O–H groups in total. The number of anilines is 1. The summed E-state index contributed by atoms with van der Waals surface area (Å²) >= 11 is 5.95.